The van der Waals surface area contributed by atoms with Gasteiger partial charge in [0, 0.05) is 11.5 Å². The average molecular weight is 392 g/mol. The van der Waals surface area contributed by atoms with Gasteiger partial charge in [0.15, 0.2) is 5.69 Å². The van der Waals surface area contributed by atoms with Gasteiger partial charge in [0.1, 0.15) is 11.4 Å². The van der Waals surface area contributed by atoms with Crippen molar-refractivity contribution in [3.8, 4) is 11.3 Å². The number of rotatable bonds is 4. The zero-order valence-corrected chi connectivity index (χ0v) is 14.4. The maximum atomic E-state index is 13.1. The van der Waals surface area contributed by atoms with E-state index < -0.39 is 34.9 Å². The Morgan fingerprint density at radius 2 is 1.82 bits per heavy atom. The molecule has 1 aliphatic rings. The summed E-state index contributed by atoms with van der Waals surface area (Å²) >= 11 is 0. The van der Waals surface area contributed by atoms with Crippen LogP contribution in [0.2, 0.25) is 0 Å². The molecule has 0 radical (unpaired) electrons. The minimum atomic E-state index is -4.64. The number of aromatic carboxylic acids is 2. The first-order valence-corrected chi connectivity index (χ1v) is 8.39. The lowest BCUT2D eigenvalue weighted by atomic mass is 9.92. The molecular weight excluding hydrogens is 377 g/mol. The second kappa shape index (κ2) is 7.41. The summed E-state index contributed by atoms with van der Waals surface area (Å²) in [5.74, 6) is -3.34. The summed E-state index contributed by atoms with van der Waals surface area (Å²) in [7, 11) is 0. The maximum absolute atomic E-state index is 13.1. The summed E-state index contributed by atoms with van der Waals surface area (Å²) in [5.41, 5.74) is -2.93. The number of halogens is 3. The van der Waals surface area contributed by atoms with Gasteiger partial charge in [-0.3, -0.25) is 0 Å². The number of allylic oxidation sites excluding steroid dienone is 2. The molecule has 0 bridgehead atoms. The molecule has 1 atom stereocenters. The average Bonchev–Trinajstić information content (AvgIpc) is 2.67. The maximum Gasteiger partial charge on any atom is 0.416 e. The highest BCUT2D eigenvalue weighted by molar-refractivity contribution is 6.04. The molecule has 2 aromatic rings. The van der Waals surface area contributed by atoms with E-state index in [0.717, 1.165) is 24.6 Å². The van der Waals surface area contributed by atoms with Crippen molar-refractivity contribution in [3.63, 3.8) is 0 Å². The quantitative estimate of drug-likeness (QED) is 0.749. The molecule has 6 nitrogen and oxygen atoms in total. The molecule has 28 heavy (non-hydrogen) atoms. The van der Waals surface area contributed by atoms with Crippen LogP contribution in [0.3, 0.4) is 0 Å². The number of aromatic nitrogens is 2. The molecule has 0 spiro atoms. The second-order valence-electron chi connectivity index (χ2n) is 6.32. The molecule has 0 saturated heterocycles. The summed E-state index contributed by atoms with van der Waals surface area (Å²) in [5, 5.41) is 19.0. The Balaban J connectivity index is 2.26. The number of alkyl halides is 3. The summed E-state index contributed by atoms with van der Waals surface area (Å²) in [6.07, 6.45) is 1.08. The van der Waals surface area contributed by atoms with Crippen molar-refractivity contribution in [1.29, 1.82) is 0 Å². The molecule has 9 heteroatoms. The van der Waals surface area contributed by atoms with Gasteiger partial charge < -0.3 is 10.2 Å². The molecule has 146 valence electrons. The normalized spacial score (nSPS) is 16.8. The minimum Gasteiger partial charge on any atom is -0.478 e. The van der Waals surface area contributed by atoms with Gasteiger partial charge in [-0.15, -0.1) is 0 Å². The number of nitrogens with zero attached hydrogens (tertiary/aromatic N) is 2. The van der Waals surface area contributed by atoms with Crippen LogP contribution in [-0.4, -0.2) is 32.1 Å². The molecular formula is C19H15F3N2O4. The van der Waals surface area contributed by atoms with Gasteiger partial charge in [0.25, 0.3) is 0 Å². The van der Waals surface area contributed by atoms with E-state index in [2.05, 4.69) is 9.97 Å². The Morgan fingerprint density at radius 3 is 2.39 bits per heavy atom. The highest BCUT2D eigenvalue weighted by Crippen LogP contribution is 2.35. The van der Waals surface area contributed by atoms with Crippen molar-refractivity contribution >= 4 is 11.9 Å². The van der Waals surface area contributed by atoms with Crippen LogP contribution >= 0.6 is 0 Å². The molecule has 2 N–H and O–H groups in total. The third-order valence-electron chi connectivity index (χ3n) is 4.44. The Labute approximate surface area is 157 Å². The van der Waals surface area contributed by atoms with E-state index in [-0.39, 0.29) is 23.0 Å². The fraction of sp³-hybridized carbons (Fsp3) is 0.263. The molecule has 1 heterocycles. The van der Waals surface area contributed by atoms with Gasteiger partial charge in [-0.05, 0) is 31.4 Å². The Morgan fingerprint density at radius 1 is 1.07 bits per heavy atom. The van der Waals surface area contributed by atoms with Crippen molar-refractivity contribution in [1.82, 2.24) is 9.97 Å². The molecule has 0 saturated carbocycles. The zero-order valence-electron chi connectivity index (χ0n) is 14.4. The summed E-state index contributed by atoms with van der Waals surface area (Å²) in [4.78, 5) is 31.5. The van der Waals surface area contributed by atoms with Crippen LogP contribution in [0.15, 0.2) is 36.4 Å². The summed E-state index contributed by atoms with van der Waals surface area (Å²) in [6.45, 7) is 0. The lowest BCUT2D eigenvalue weighted by molar-refractivity contribution is -0.137. The Kier molecular flexibility index (Phi) is 5.17. The molecule has 0 fully saturated rings. The molecule has 3 rings (SSSR count). The highest BCUT2D eigenvalue weighted by Gasteiger charge is 2.32. The van der Waals surface area contributed by atoms with Crippen molar-refractivity contribution in [2.24, 2.45) is 0 Å². The molecule has 1 aromatic carbocycles. The first-order valence-electron chi connectivity index (χ1n) is 8.39. The van der Waals surface area contributed by atoms with Crippen molar-refractivity contribution in [2.45, 2.75) is 31.4 Å². The van der Waals surface area contributed by atoms with Crippen LogP contribution in [0.5, 0.6) is 0 Å². The smallest absolute Gasteiger partial charge is 0.416 e. The third-order valence-corrected chi connectivity index (χ3v) is 4.44. The molecule has 1 unspecified atom stereocenters. The van der Waals surface area contributed by atoms with Crippen LogP contribution in [0, 0.1) is 0 Å². The lowest BCUT2D eigenvalue weighted by Crippen LogP contribution is -2.18. The van der Waals surface area contributed by atoms with Gasteiger partial charge in [0.05, 0.1) is 11.3 Å². The summed E-state index contributed by atoms with van der Waals surface area (Å²) in [6, 6.07) is 3.98. The van der Waals surface area contributed by atoms with Crippen LogP contribution < -0.4 is 0 Å². The second-order valence-corrected chi connectivity index (χ2v) is 6.32. The van der Waals surface area contributed by atoms with Gasteiger partial charge >= 0.3 is 18.1 Å². The predicted molar refractivity (Wildman–Crippen MR) is 92.1 cm³/mol. The zero-order chi connectivity index (χ0) is 20.5. The van der Waals surface area contributed by atoms with Crippen LogP contribution in [0.4, 0.5) is 13.2 Å². The molecule has 0 aliphatic heterocycles. The molecule has 1 aromatic heterocycles. The first-order chi connectivity index (χ1) is 13.2. The van der Waals surface area contributed by atoms with Crippen LogP contribution in [-0.2, 0) is 6.18 Å². The fourth-order valence-corrected chi connectivity index (χ4v) is 3.10. The van der Waals surface area contributed by atoms with E-state index in [0.29, 0.717) is 12.8 Å². The fourth-order valence-electron chi connectivity index (χ4n) is 3.10. The van der Waals surface area contributed by atoms with E-state index in [9.17, 15) is 33.0 Å². The van der Waals surface area contributed by atoms with Crippen LogP contribution in [0.1, 0.15) is 57.4 Å². The van der Waals surface area contributed by atoms with E-state index in [1.807, 2.05) is 12.2 Å². The SMILES string of the molecule is O=C(O)c1nc(C2CC=CCC2)nc(-c2cccc(C(F)(F)F)c2)c1C(=O)O. The van der Waals surface area contributed by atoms with E-state index in [4.69, 9.17) is 0 Å². The number of carbonyl (C=O) groups is 2. The number of carboxylic acids is 2. The Bertz CT molecular complexity index is 970. The Hall–Kier alpha value is -3.23. The minimum absolute atomic E-state index is 0.110. The summed E-state index contributed by atoms with van der Waals surface area (Å²) < 4.78 is 39.2. The largest absolute Gasteiger partial charge is 0.478 e. The monoisotopic (exact) mass is 392 g/mol. The van der Waals surface area contributed by atoms with Gasteiger partial charge in [0.2, 0.25) is 0 Å². The van der Waals surface area contributed by atoms with Gasteiger partial charge in [-0.25, -0.2) is 19.6 Å². The highest BCUT2D eigenvalue weighted by atomic mass is 19.4. The number of hydrogen-bond donors (Lipinski definition) is 2. The predicted octanol–water partition coefficient (Wildman–Crippen LogP) is 4.38. The van der Waals surface area contributed by atoms with Crippen LogP contribution in [0.25, 0.3) is 11.3 Å². The van der Waals surface area contributed by atoms with Crippen molar-refractivity contribution < 1.29 is 33.0 Å². The topological polar surface area (TPSA) is 100 Å². The number of carboxylic acid groups (broad SMARTS) is 2. The first kappa shape index (κ1) is 19.5. The standard InChI is InChI=1S/C19H15F3N2O4/c20-19(21,22)12-8-4-7-11(9-12)14-13(17(25)26)15(18(27)28)24-16(23-14)10-5-2-1-3-6-10/h1-2,4,7-10H,3,5-6H2,(H,25,26)(H,27,28). The van der Waals surface area contributed by atoms with E-state index >= 15 is 0 Å². The van der Waals surface area contributed by atoms with Crippen molar-refractivity contribution in [2.75, 3.05) is 0 Å². The van der Waals surface area contributed by atoms with E-state index in [1.54, 1.807) is 0 Å². The van der Waals surface area contributed by atoms with E-state index in [1.165, 1.54) is 6.07 Å². The number of hydrogen-bond acceptors (Lipinski definition) is 4. The molecule has 1 aliphatic carbocycles. The lowest BCUT2D eigenvalue weighted by Gasteiger charge is -2.19. The molecule has 0 amide bonds. The van der Waals surface area contributed by atoms with Crippen molar-refractivity contribution in [3.05, 3.63) is 59.1 Å². The van der Waals surface area contributed by atoms with Gasteiger partial charge in [-0.2, -0.15) is 13.2 Å². The number of benzene rings is 1. The third kappa shape index (κ3) is 3.88. The van der Waals surface area contributed by atoms with Gasteiger partial charge in [-0.1, -0.05) is 24.3 Å².